The van der Waals surface area contributed by atoms with Crippen molar-refractivity contribution >= 4 is 90.2 Å². The van der Waals surface area contributed by atoms with Crippen molar-refractivity contribution < 1.29 is 27.1 Å². The normalized spacial score (nSPS) is 15.9. The fraction of sp³-hybridized carbons (Fsp3) is 0.0261. The van der Waals surface area contributed by atoms with Crippen LogP contribution in [0.25, 0.3) is 101 Å². The number of benzene rings is 18. The molecule has 4 aliphatic rings. The third-order valence-electron chi connectivity index (χ3n) is 26.2. The molecule has 0 fully saturated rings. The molecule has 20 aromatic rings. The molecule has 6 nitrogen and oxygen atoms in total. The lowest BCUT2D eigenvalue weighted by Gasteiger charge is -2.36. The summed E-state index contributed by atoms with van der Waals surface area (Å²) in [5.74, 6) is 2.14. The number of hydrogen-bond donors (Lipinski definition) is 0. The number of halogens is 2. The van der Waals surface area contributed by atoms with Crippen LogP contribution in [0.4, 0.5) is 42.9 Å². The molecule has 0 saturated heterocycles. The van der Waals surface area contributed by atoms with Crippen LogP contribution in [0, 0.1) is 11.6 Å². The van der Waals surface area contributed by atoms with Gasteiger partial charge in [0.1, 0.15) is 57.0 Å². The molecule has 2 unspecified atom stereocenters. The van der Waals surface area contributed by atoms with Gasteiger partial charge in [0.25, 0.3) is 0 Å². The molecule has 1 spiro atoms. The third kappa shape index (κ3) is 10.6. The zero-order valence-corrected chi connectivity index (χ0v) is 66.5. The maximum atomic E-state index is 15.7. The lowest BCUT2D eigenvalue weighted by Crippen LogP contribution is -2.29. The summed E-state index contributed by atoms with van der Waals surface area (Å²) in [6.45, 7) is 7.92. The average Bonchev–Trinajstić information content (AvgIpc) is 1.51. The van der Waals surface area contributed by atoms with E-state index in [0.717, 1.165) is 189 Å². The fourth-order valence-electron chi connectivity index (χ4n) is 21.1. The highest BCUT2D eigenvalue weighted by Gasteiger charge is 2.54. The number of hydrogen-bond acceptors (Lipinski definition) is 6. The number of ether oxygens (including phenoxy) is 2. The summed E-state index contributed by atoms with van der Waals surface area (Å²) in [5.41, 5.74) is 29.3. The molecule has 580 valence electrons. The molecular weight excluding hydrogens is 1510 g/mol. The highest BCUT2D eigenvalue weighted by Crippen LogP contribution is 2.66. The zero-order valence-electron chi connectivity index (χ0n) is 66.5. The third-order valence-corrected chi connectivity index (χ3v) is 26.2. The van der Waals surface area contributed by atoms with E-state index in [0.29, 0.717) is 23.0 Å². The van der Waals surface area contributed by atoms with Gasteiger partial charge >= 0.3 is 0 Å². The molecule has 2 aromatic heterocycles. The van der Waals surface area contributed by atoms with Gasteiger partial charge in [-0.1, -0.05) is 268 Å². The minimum Gasteiger partial charge on any atom is -0.457 e. The van der Waals surface area contributed by atoms with Gasteiger partial charge in [0.15, 0.2) is 0 Å². The molecule has 2 atom stereocenters. The summed E-state index contributed by atoms with van der Waals surface area (Å²) in [4.78, 5) is 4.88. The minimum absolute atomic E-state index is 0.320. The summed E-state index contributed by atoms with van der Waals surface area (Å²) in [7, 11) is 0. The predicted molar refractivity (Wildman–Crippen MR) is 494 cm³/mol. The van der Waals surface area contributed by atoms with E-state index in [9.17, 15) is 0 Å². The smallest absolute Gasteiger partial charge is 0.137 e. The van der Waals surface area contributed by atoms with E-state index in [1.54, 1.807) is 24.3 Å². The number of para-hydroxylation sites is 2. The SMILES string of the molecule is C=Cc1ccc(Oc2ccc(C3(c4ccc(F)cc4)c4ccccc4-c4ccc(N(c5ccc6c(c5)C5(c7ccccc7-6)c6ccccc6-c6ccc(N(c7ccc8c(c7)C(c7ccc(F)cc7)(c7ccc(Oc9ccc(C=C)cc9)cc7)c7ccccc7-8)c7cccc8oc9ccccc9c78)cc65)c5cccc6oc7ccccc7c56)cc43)cc2)cc1. The lowest BCUT2D eigenvalue weighted by molar-refractivity contribution is 0.482. The average molecular weight is 1580 g/mol. The number of rotatable bonds is 16. The van der Waals surface area contributed by atoms with Crippen molar-refractivity contribution in [1.29, 1.82) is 0 Å². The predicted octanol–water partition coefficient (Wildman–Crippen LogP) is 30.6. The Bertz CT molecular complexity index is 7300. The summed E-state index contributed by atoms with van der Waals surface area (Å²) < 4.78 is 58.3. The molecule has 0 N–H and O–H groups in total. The van der Waals surface area contributed by atoms with Crippen molar-refractivity contribution in [2.45, 2.75) is 16.2 Å². The molecule has 0 radical (unpaired) electrons. The quantitative estimate of drug-likeness (QED) is 0.0961. The standard InChI is InChI=1S/C115H72F2N2O4/c1-3-71-35-55-83(56-36-71)120-85-59-43-75(44-60-85)113(73-39-47-77(116)48-40-73)97-25-11-5-19-87(97)91-63-51-79(67-101(91)113)118(105-29-17-33-109-111(105)95-23-9-15-31-107(95)122-109)81-53-65-93-89-21-7-13-27-99(89)115(103(93)69-81)100-28-14-8-22-90(100)94-66-54-82(70-104(94)115)119(106-30-18-34-110-112(106)96-24-10-16-32-108(96)123-110)80-52-64-92-88-20-6-12-26-98(88)114(102(92)68-80,74-41-49-78(117)50-42-74)76-45-61-86(62-46-76)121-84-57-37-72(4-2)38-58-84/h3-70H,1-2H2. The second-order valence-electron chi connectivity index (χ2n) is 32.3. The first-order valence-corrected chi connectivity index (χ1v) is 41.6. The maximum absolute atomic E-state index is 15.7. The summed E-state index contributed by atoms with van der Waals surface area (Å²) >= 11 is 0. The molecule has 0 amide bonds. The van der Waals surface area contributed by atoms with Crippen molar-refractivity contribution in [3.05, 3.63) is 503 Å². The van der Waals surface area contributed by atoms with Crippen LogP contribution >= 0.6 is 0 Å². The monoisotopic (exact) mass is 1580 g/mol. The Labute approximate surface area is 709 Å². The second kappa shape index (κ2) is 27.6. The van der Waals surface area contributed by atoms with Crippen LogP contribution in [0.15, 0.2) is 422 Å². The molecule has 24 rings (SSSR count). The molecular formula is C115H72F2N2O4. The van der Waals surface area contributed by atoms with Gasteiger partial charge in [-0.05, 0) is 280 Å². The number of anilines is 6. The largest absolute Gasteiger partial charge is 0.457 e. The van der Waals surface area contributed by atoms with Gasteiger partial charge in [-0.2, -0.15) is 0 Å². The Morgan fingerprint density at radius 2 is 0.512 bits per heavy atom. The summed E-state index contributed by atoms with van der Waals surface area (Å²) in [6.07, 6.45) is 3.64. The van der Waals surface area contributed by atoms with Gasteiger partial charge in [-0.15, -0.1) is 0 Å². The van der Waals surface area contributed by atoms with Gasteiger partial charge in [0.05, 0.1) is 38.4 Å². The van der Waals surface area contributed by atoms with Gasteiger partial charge < -0.3 is 28.1 Å². The second-order valence-corrected chi connectivity index (χ2v) is 32.3. The van der Waals surface area contributed by atoms with Gasteiger partial charge in [-0.3, -0.25) is 0 Å². The van der Waals surface area contributed by atoms with E-state index < -0.39 is 16.2 Å². The maximum Gasteiger partial charge on any atom is 0.137 e. The van der Waals surface area contributed by atoms with E-state index in [4.69, 9.17) is 18.3 Å². The molecule has 0 aliphatic heterocycles. The van der Waals surface area contributed by atoms with Crippen molar-refractivity contribution in [2.75, 3.05) is 9.80 Å². The molecule has 0 saturated carbocycles. The highest BCUT2D eigenvalue weighted by atomic mass is 19.1. The number of nitrogens with zero attached hydrogens (tertiary/aromatic N) is 2. The van der Waals surface area contributed by atoms with Crippen molar-refractivity contribution in [2.24, 2.45) is 0 Å². The number of furan rings is 2. The molecule has 18 aromatic carbocycles. The Kier molecular flexibility index (Phi) is 16.0. The van der Waals surface area contributed by atoms with E-state index in [-0.39, 0.29) is 11.6 Å². The van der Waals surface area contributed by atoms with Gasteiger partial charge in [0.2, 0.25) is 0 Å². The van der Waals surface area contributed by atoms with E-state index in [1.165, 1.54) is 11.1 Å². The zero-order chi connectivity index (χ0) is 81.8. The van der Waals surface area contributed by atoms with E-state index >= 15 is 8.78 Å². The van der Waals surface area contributed by atoms with Crippen LogP contribution in [0.1, 0.15) is 77.9 Å². The molecule has 8 heteroatoms. The molecule has 123 heavy (non-hydrogen) atoms. The molecule has 0 bridgehead atoms. The first-order chi connectivity index (χ1) is 60.6. The van der Waals surface area contributed by atoms with Crippen molar-refractivity contribution in [1.82, 2.24) is 0 Å². The Balaban J connectivity index is 0.726. The van der Waals surface area contributed by atoms with Crippen LogP contribution in [0.3, 0.4) is 0 Å². The van der Waals surface area contributed by atoms with Crippen LogP contribution in [-0.2, 0) is 16.2 Å². The van der Waals surface area contributed by atoms with Crippen molar-refractivity contribution in [3.63, 3.8) is 0 Å². The van der Waals surface area contributed by atoms with Crippen LogP contribution in [0.2, 0.25) is 0 Å². The lowest BCUT2D eigenvalue weighted by atomic mass is 9.67. The topological polar surface area (TPSA) is 51.2 Å². The minimum atomic E-state index is -0.957. The molecule has 4 aliphatic carbocycles. The highest BCUT2D eigenvalue weighted by molar-refractivity contribution is 6.15. The first-order valence-electron chi connectivity index (χ1n) is 41.6. The van der Waals surface area contributed by atoms with Crippen molar-refractivity contribution in [3.8, 4) is 67.5 Å². The summed E-state index contributed by atoms with van der Waals surface area (Å²) in [5, 5.41) is 3.91. The Hall–Kier alpha value is -15.9. The van der Waals surface area contributed by atoms with E-state index in [2.05, 4.69) is 278 Å². The number of fused-ring (bicyclic) bond motifs is 22. The van der Waals surface area contributed by atoms with E-state index in [1.807, 2.05) is 133 Å². The van der Waals surface area contributed by atoms with Gasteiger partial charge in [0, 0.05) is 33.5 Å². The van der Waals surface area contributed by atoms with Crippen LogP contribution in [0.5, 0.6) is 23.0 Å². The van der Waals surface area contributed by atoms with Crippen LogP contribution in [-0.4, -0.2) is 0 Å². The van der Waals surface area contributed by atoms with Gasteiger partial charge in [-0.25, -0.2) is 8.78 Å². The fourth-order valence-corrected chi connectivity index (χ4v) is 21.1. The van der Waals surface area contributed by atoms with Crippen LogP contribution < -0.4 is 19.3 Å². The Morgan fingerprint density at radius 1 is 0.244 bits per heavy atom. The first kappa shape index (κ1) is 71.2. The Morgan fingerprint density at radius 3 is 0.846 bits per heavy atom. The molecule has 2 heterocycles. The summed E-state index contributed by atoms with van der Waals surface area (Å²) in [6, 6.07) is 140.